The lowest BCUT2D eigenvalue weighted by Gasteiger charge is -2.24. The van der Waals surface area contributed by atoms with Crippen LogP contribution in [0.4, 0.5) is 0 Å². The monoisotopic (exact) mass is 224 g/mol. The molecule has 2 N–H and O–H groups in total. The molecule has 0 bridgehead atoms. The van der Waals surface area contributed by atoms with Gasteiger partial charge in [-0.05, 0) is 18.8 Å². The number of hydrogen-bond donors (Lipinski definition) is 1. The molecule has 0 aromatic heterocycles. The number of amides is 2. The van der Waals surface area contributed by atoms with Gasteiger partial charge in [-0.15, -0.1) is 0 Å². The molecule has 2 atom stereocenters. The minimum Gasteiger partial charge on any atom is -0.326 e. The number of nitrogens with two attached hydrogens (primary N) is 1. The Kier molecular flexibility index (Phi) is 3.28. The van der Waals surface area contributed by atoms with E-state index in [0.717, 1.165) is 12.8 Å². The summed E-state index contributed by atoms with van der Waals surface area (Å²) in [6.07, 6.45) is 5.11. The standard InChI is InChI=1S/C12H20N2O2/c1-8-6-11(15)14(12(8)16)7-10(13)9-4-2-3-5-9/h8-10H,2-7,13H2,1H3. The zero-order chi connectivity index (χ0) is 11.7. The highest BCUT2D eigenvalue weighted by molar-refractivity contribution is 6.03. The Morgan fingerprint density at radius 2 is 2.00 bits per heavy atom. The second kappa shape index (κ2) is 4.53. The van der Waals surface area contributed by atoms with Gasteiger partial charge in [0.2, 0.25) is 11.8 Å². The first kappa shape index (κ1) is 11.6. The third-order valence-corrected chi connectivity index (χ3v) is 3.87. The van der Waals surface area contributed by atoms with E-state index >= 15 is 0 Å². The maximum absolute atomic E-state index is 11.7. The van der Waals surface area contributed by atoms with Crippen LogP contribution in [0.5, 0.6) is 0 Å². The summed E-state index contributed by atoms with van der Waals surface area (Å²) in [6.45, 7) is 2.23. The number of likely N-dealkylation sites (tertiary alicyclic amines) is 1. The fourth-order valence-electron chi connectivity index (χ4n) is 2.79. The number of nitrogens with zero attached hydrogens (tertiary/aromatic N) is 1. The van der Waals surface area contributed by atoms with Gasteiger partial charge in [-0.3, -0.25) is 14.5 Å². The van der Waals surface area contributed by atoms with Crippen LogP contribution in [0, 0.1) is 11.8 Å². The molecule has 16 heavy (non-hydrogen) atoms. The predicted molar refractivity (Wildman–Crippen MR) is 60.4 cm³/mol. The molecular weight excluding hydrogens is 204 g/mol. The molecule has 0 radical (unpaired) electrons. The van der Waals surface area contributed by atoms with Crippen molar-refractivity contribution in [3.05, 3.63) is 0 Å². The van der Waals surface area contributed by atoms with E-state index in [1.165, 1.54) is 17.7 Å². The van der Waals surface area contributed by atoms with Crippen molar-refractivity contribution in [1.29, 1.82) is 0 Å². The summed E-state index contributed by atoms with van der Waals surface area (Å²) < 4.78 is 0. The van der Waals surface area contributed by atoms with Crippen LogP contribution in [0.3, 0.4) is 0 Å². The molecule has 0 aromatic rings. The minimum absolute atomic E-state index is 0.0271. The smallest absolute Gasteiger partial charge is 0.232 e. The van der Waals surface area contributed by atoms with Crippen molar-refractivity contribution in [2.75, 3.05) is 6.54 Å². The maximum atomic E-state index is 11.7. The zero-order valence-electron chi connectivity index (χ0n) is 9.82. The summed E-state index contributed by atoms with van der Waals surface area (Å²) >= 11 is 0. The van der Waals surface area contributed by atoms with Gasteiger partial charge in [0.1, 0.15) is 0 Å². The van der Waals surface area contributed by atoms with E-state index in [1.807, 2.05) is 0 Å². The van der Waals surface area contributed by atoms with Gasteiger partial charge < -0.3 is 5.73 Å². The second-order valence-electron chi connectivity index (χ2n) is 5.16. The first-order chi connectivity index (χ1) is 7.59. The Morgan fingerprint density at radius 1 is 1.38 bits per heavy atom. The van der Waals surface area contributed by atoms with Gasteiger partial charge >= 0.3 is 0 Å². The van der Waals surface area contributed by atoms with Gasteiger partial charge in [0.15, 0.2) is 0 Å². The van der Waals surface area contributed by atoms with Crippen LogP contribution >= 0.6 is 0 Å². The molecule has 1 aliphatic carbocycles. The van der Waals surface area contributed by atoms with Gasteiger partial charge in [-0.1, -0.05) is 19.8 Å². The molecule has 2 aliphatic rings. The van der Waals surface area contributed by atoms with Crippen molar-refractivity contribution in [3.63, 3.8) is 0 Å². The lowest BCUT2D eigenvalue weighted by atomic mass is 9.98. The van der Waals surface area contributed by atoms with E-state index in [1.54, 1.807) is 6.92 Å². The molecule has 1 heterocycles. The van der Waals surface area contributed by atoms with Crippen molar-refractivity contribution < 1.29 is 9.59 Å². The normalized spacial score (nSPS) is 29.1. The molecule has 1 aliphatic heterocycles. The first-order valence-corrected chi connectivity index (χ1v) is 6.19. The van der Waals surface area contributed by atoms with Gasteiger partial charge in [-0.25, -0.2) is 0 Å². The summed E-state index contributed by atoms with van der Waals surface area (Å²) in [6, 6.07) is -0.0271. The summed E-state index contributed by atoms with van der Waals surface area (Å²) in [5.74, 6) is 0.254. The van der Waals surface area contributed by atoms with Crippen LogP contribution < -0.4 is 5.73 Å². The molecule has 0 aromatic carbocycles. The van der Waals surface area contributed by atoms with Gasteiger partial charge in [-0.2, -0.15) is 0 Å². The van der Waals surface area contributed by atoms with Crippen LogP contribution in [0.25, 0.3) is 0 Å². The summed E-state index contributed by atoms with van der Waals surface area (Å²) in [5, 5.41) is 0. The summed E-state index contributed by atoms with van der Waals surface area (Å²) in [5.41, 5.74) is 6.08. The third kappa shape index (κ3) is 2.12. The Balaban J connectivity index is 1.93. The zero-order valence-corrected chi connectivity index (χ0v) is 9.82. The van der Waals surface area contributed by atoms with Crippen molar-refractivity contribution in [3.8, 4) is 0 Å². The van der Waals surface area contributed by atoms with Crippen molar-refractivity contribution in [1.82, 2.24) is 4.90 Å². The average molecular weight is 224 g/mol. The van der Waals surface area contributed by atoms with Crippen LogP contribution in [0.2, 0.25) is 0 Å². The quantitative estimate of drug-likeness (QED) is 0.724. The lowest BCUT2D eigenvalue weighted by molar-refractivity contribution is -0.139. The van der Waals surface area contributed by atoms with E-state index < -0.39 is 0 Å². The Labute approximate surface area is 96.2 Å². The van der Waals surface area contributed by atoms with E-state index in [-0.39, 0.29) is 23.8 Å². The molecule has 90 valence electrons. The van der Waals surface area contributed by atoms with Crippen LogP contribution in [0.1, 0.15) is 39.0 Å². The predicted octanol–water partition coefficient (Wildman–Crippen LogP) is 0.899. The van der Waals surface area contributed by atoms with E-state index in [9.17, 15) is 9.59 Å². The first-order valence-electron chi connectivity index (χ1n) is 6.19. The minimum atomic E-state index is -0.150. The molecule has 2 unspecified atom stereocenters. The van der Waals surface area contributed by atoms with Crippen LogP contribution in [-0.2, 0) is 9.59 Å². The molecule has 2 fully saturated rings. The molecule has 2 rings (SSSR count). The molecule has 4 heteroatoms. The number of carbonyl (C=O) groups excluding carboxylic acids is 2. The van der Waals surface area contributed by atoms with E-state index in [4.69, 9.17) is 5.73 Å². The molecule has 1 saturated carbocycles. The SMILES string of the molecule is CC1CC(=O)N(CC(N)C2CCCC2)C1=O. The second-order valence-corrected chi connectivity index (χ2v) is 5.16. The van der Waals surface area contributed by atoms with Gasteiger partial charge in [0.05, 0.1) is 0 Å². The number of carbonyl (C=O) groups is 2. The summed E-state index contributed by atoms with van der Waals surface area (Å²) in [4.78, 5) is 24.7. The number of hydrogen-bond acceptors (Lipinski definition) is 3. The van der Waals surface area contributed by atoms with E-state index in [0.29, 0.717) is 18.9 Å². The average Bonchev–Trinajstić information content (AvgIpc) is 2.83. The highest BCUT2D eigenvalue weighted by atomic mass is 16.2. The lowest BCUT2D eigenvalue weighted by Crippen LogP contribution is -2.44. The Hall–Kier alpha value is -0.900. The third-order valence-electron chi connectivity index (χ3n) is 3.87. The Morgan fingerprint density at radius 3 is 2.50 bits per heavy atom. The largest absolute Gasteiger partial charge is 0.326 e. The van der Waals surface area contributed by atoms with Crippen molar-refractivity contribution in [2.24, 2.45) is 17.6 Å². The summed E-state index contributed by atoms with van der Waals surface area (Å²) in [7, 11) is 0. The maximum Gasteiger partial charge on any atom is 0.232 e. The number of rotatable bonds is 3. The van der Waals surface area contributed by atoms with Gasteiger partial charge in [0, 0.05) is 24.9 Å². The molecular formula is C12H20N2O2. The fourth-order valence-corrected chi connectivity index (χ4v) is 2.79. The van der Waals surface area contributed by atoms with Crippen LogP contribution in [0.15, 0.2) is 0 Å². The Bertz CT molecular complexity index is 297. The number of imide groups is 1. The highest BCUT2D eigenvalue weighted by Gasteiger charge is 2.37. The topological polar surface area (TPSA) is 63.4 Å². The molecule has 4 nitrogen and oxygen atoms in total. The van der Waals surface area contributed by atoms with Crippen molar-refractivity contribution >= 4 is 11.8 Å². The molecule has 1 saturated heterocycles. The fraction of sp³-hybridized carbons (Fsp3) is 0.833. The van der Waals surface area contributed by atoms with Crippen molar-refractivity contribution in [2.45, 2.75) is 45.1 Å². The molecule has 0 spiro atoms. The highest BCUT2D eigenvalue weighted by Crippen LogP contribution is 2.28. The van der Waals surface area contributed by atoms with E-state index in [2.05, 4.69) is 0 Å². The van der Waals surface area contributed by atoms with Gasteiger partial charge in [0.25, 0.3) is 0 Å². The molecule has 2 amide bonds. The van der Waals surface area contributed by atoms with Crippen LogP contribution in [-0.4, -0.2) is 29.3 Å².